The van der Waals surface area contributed by atoms with Crippen LogP contribution in [-0.4, -0.2) is 33.0 Å². The highest BCUT2D eigenvalue weighted by molar-refractivity contribution is 7.89. The number of hydrogen-bond acceptors (Lipinski definition) is 4. The summed E-state index contributed by atoms with van der Waals surface area (Å²) in [6.45, 7) is 2.32. The zero-order chi connectivity index (χ0) is 17.9. The molecular weight excluding hydrogens is 374 g/mol. The van der Waals surface area contributed by atoms with E-state index in [1.807, 2.05) is 6.92 Å². The lowest BCUT2D eigenvalue weighted by atomic mass is 9.85. The van der Waals surface area contributed by atoms with Crippen LogP contribution >= 0.6 is 12.4 Å². The van der Waals surface area contributed by atoms with Gasteiger partial charge in [0.15, 0.2) is 0 Å². The van der Waals surface area contributed by atoms with E-state index < -0.39 is 10.0 Å². The van der Waals surface area contributed by atoms with Crippen LogP contribution in [0, 0.1) is 5.92 Å². The van der Waals surface area contributed by atoms with Gasteiger partial charge in [-0.1, -0.05) is 19.8 Å². The average molecular weight is 402 g/mol. The third kappa shape index (κ3) is 4.97. The maximum atomic E-state index is 12.5. The summed E-state index contributed by atoms with van der Waals surface area (Å²) in [7, 11) is -3.47. The van der Waals surface area contributed by atoms with E-state index in [2.05, 4.69) is 15.4 Å². The van der Waals surface area contributed by atoms with Crippen LogP contribution in [0.15, 0.2) is 29.2 Å². The highest BCUT2D eigenvalue weighted by Crippen LogP contribution is 2.33. The number of sulfonamides is 1. The number of hydrogen-bond donors (Lipinski definition) is 3. The molecule has 8 heteroatoms. The molecule has 1 aromatic rings. The third-order valence-corrected chi connectivity index (χ3v) is 6.63. The molecular formula is C18H28ClN3O3S. The van der Waals surface area contributed by atoms with Gasteiger partial charge in [0.05, 0.1) is 10.9 Å². The second-order valence-corrected chi connectivity index (χ2v) is 8.78. The molecule has 2 fully saturated rings. The van der Waals surface area contributed by atoms with E-state index in [0.29, 0.717) is 24.2 Å². The Hall–Kier alpha value is -1.15. The molecule has 3 rings (SSSR count). The largest absolute Gasteiger partial charge is 0.325 e. The zero-order valence-electron chi connectivity index (χ0n) is 15.0. The first kappa shape index (κ1) is 21.2. The van der Waals surface area contributed by atoms with Crippen molar-refractivity contribution in [2.45, 2.75) is 62.4 Å². The second-order valence-electron chi connectivity index (χ2n) is 7.02. The van der Waals surface area contributed by atoms with Gasteiger partial charge in [-0.3, -0.25) is 4.79 Å². The van der Waals surface area contributed by atoms with Crippen LogP contribution in [0.3, 0.4) is 0 Å². The zero-order valence-corrected chi connectivity index (χ0v) is 16.7. The fraction of sp³-hybridized carbons (Fsp3) is 0.611. The molecule has 1 amide bonds. The summed E-state index contributed by atoms with van der Waals surface area (Å²) in [6, 6.07) is 6.65. The number of amides is 1. The number of carbonyl (C=O) groups is 1. The lowest BCUT2D eigenvalue weighted by Gasteiger charge is -2.24. The molecule has 1 saturated carbocycles. The Morgan fingerprint density at radius 2 is 1.88 bits per heavy atom. The summed E-state index contributed by atoms with van der Waals surface area (Å²) in [6.07, 6.45) is 6.50. The SMILES string of the molecule is CCCNS(=O)(=O)c1ccc(NC(=O)C2CC3CCCCC3N2)cc1.Cl. The smallest absolute Gasteiger partial charge is 0.241 e. The van der Waals surface area contributed by atoms with Crippen molar-refractivity contribution in [3.63, 3.8) is 0 Å². The Bertz CT molecular complexity index is 695. The average Bonchev–Trinajstić information content (AvgIpc) is 3.05. The third-order valence-electron chi connectivity index (χ3n) is 5.15. The first-order valence-electron chi connectivity index (χ1n) is 9.16. The van der Waals surface area contributed by atoms with E-state index in [0.717, 1.165) is 19.3 Å². The van der Waals surface area contributed by atoms with Gasteiger partial charge in [0, 0.05) is 18.3 Å². The van der Waals surface area contributed by atoms with Crippen LogP contribution in [0.2, 0.25) is 0 Å². The summed E-state index contributed by atoms with van der Waals surface area (Å²) in [5.74, 6) is 0.579. The fourth-order valence-corrected chi connectivity index (χ4v) is 4.92. The molecule has 0 aromatic heterocycles. The molecule has 3 unspecified atom stereocenters. The van der Waals surface area contributed by atoms with Crippen molar-refractivity contribution in [3.8, 4) is 0 Å². The van der Waals surface area contributed by atoms with Gasteiger partial charge in [-0.15, -0.1) is 12.4 Å². The quantitative estimate of drug-likeness (QED) is 0.683. The van der Waals surface area contributed by atoms with E-state index in [9.17, 15) is 13.2 Å². The Morgan fingerprint density at radius 1 is 1.19 bits per heavy atom. The van der Waals surface area contributed by atoms with Crippen LogP contribution in [0.1, 0.15) is 45.4 Å². The van der Waals surface area contributed by atoms with Gasteiger partial charge in [0.2, 0.25) is 15.9 Å². The molecule has 26 heavy (non-hydrogen) atoms. The maximum Gasteiger partial charge on any atom is 0.241 e. The summed E-state index contributed by atoms with van der Waals surface area (Å²) in [5.41, 5.74) is 0.621. The summed E-state index contributed by atoms with van der Waals surface area (Å²) in [5, 5.41) is 6.35. The van der Waals surface area contributed by atoms with Crippen molar-refractivity contribution in [2.24, 2.45) is 5.92 Å². The van der Waals surface area contributed by atoms with E-state index in [1.54, 1.807) is 12.1 Å². The maximum absolute atomic E-state index is 12.5. The minimum atomic E-state index is -3.47. The van der Waals surface area contributed by atoms with Crippen molar-refractivity contribution in [1.29, 1.82) is 0 Å². The molecule has 3 N–H and O–H groups in total. The van der Waals surface area contributed by atoms with Crippen molar-refractivity contribution in [2.75, 3.05) is 11.9 Å². The van der Waals surface area contributed by atoms with Gasteiger partial charge in [0.1, 0.15) is 0 Å². The van der Waals surface area contributed by atoms with Crippen molar-refractivity contribution in [3.05, 3.63) is 24.3 Å². The van der Waals surface area contributed by atoms with Crippen molar-refractivity contribution in [1.82, 2.24) is 10.0 Å². The normalized spacial score (nSPS) is 25.2. The Morgan fingerprint density at radius 3 is 2.54 bits per heavy atom. The van der Waals surface area contributed by atoms with Crippen LogP contribution in [-0.2, 0) is 14.8 Å². The molecule has 1 saturated heterocycles. The van der Waals surface area contributed by atoms with E-state index in [4.69, 9.17) is 0 Å². The van der Waals surface area contributed by atoms with E-state index >= 15 is 0 Å². The molecule has 1 aliphatic carbocycles. The molecule has 0 spiro atoms. The van der Waals surface area contributed by atoms with E-state index in [1.165, 1.54) is 31.4 Å². The molecule has 0 radical (unpaired) electrons. The first-order chi connectivity index (χ1) is 12.0. The number of carbonyl (C=O) groups excluding carboxylic acids is 1. The topological polar surface area (TPSA) is 87.3 Å². The monoisotopic (exact) mass is 401 g/mol. The molecule has 2 aliphatic rings. The van der Waals surface area contributed by atoms with Crippen LogP contribution in [0.4, 0.5) is 5.69 Å². The molecule has 1 heterocycles. The lowest BCUT2D eigenvalue weighted by molar-refractivity contribution is -0.117. The van der Waals surface area contributed by atoms with Crippen LogP contribution in [0.25, 0.3) is 0 Å². The first-order valence-corrected chi connectivity index (χ1v) is 10.6. The minimum absolute atomic E-state index is 0. The number of fused-ring (bicyclic) bond motifs is 1. The molecule has 1 aromatic carbocycles. The highest BCUT2D eigenvalue weighted by atomic mass is 35.5. The minimum Gasteiger partial charge on any atom is -0.325 e. The van der Waals surface area contributed by atoms with E-state index in [-0.39, 0.29) is 29.3 Å². The van der Waals surface area contributed by atoms with Crippen LogP contribution in [0.5, 0.6) is 0 Å². The predicted molar refractivity (Wildman–Crippen MR) is 105 cm³/mol. The summed E-state index contributed by atoms with van der Waals surface area (Å²) >= 11 is 0. The predicted octanol–water partition coefficient (Wildman–Crippen LogP) is 2.66. The second kappa shape index (κ2) is 9.17. The molecule has 3 atom stereocenters. The lowest BCUT2D eigenvalue weighted by Crippen LogP contribution is -2.39. The van der Waals surface area contributed by atoms with Gasteiger partial charge in [-0.25, -0.2) is 13.1 Å². The molecule has 1 aliphatic heterocycles. The van der Waals surface area contributed by atoms with Crippen LogP contribution < -0.4 is 15.4 Å². The van der Waals surface area contributed by atoms with Gasteiger partial charge < -0.3 is 10.6 Å². The fourth-order valence-electron chi connectivity index (χ4n) is 3.79. The van der Waals surface area contributed by atoms with Crippen molar-refractivity contribution >= 4 is 34.0 Å². The van der Waals surface area contributed by atoms with Gasteiger partial charge in [-0.2, -0.15) is 0 Å². The highest BCUT2D eigenvalue weighted by Gasteiger charge is 2.38. The standard InChI is InChI=1S/C18H27N3O3S.ClH/c1-2-11-19-25(23,24)15-9-7-14(8-10-15)20-18(22)17-12-13-5-3-4-6-16(13)21-17;/h7-10,13,16-17,19,21H,2-6,11-12H2,1H3,(H,20,22);1H. The number of nitrogens with one attached hydrogen (secondary N) is 3. The molecule has 146 valence electrons. The summed E-state index contributed by atoms with van der Waals surface area (Å²) < 4.78 is 26.7. The van der Waals surface area contributed by atoms with Crippen molar-refractivity contribution < 1.29 is 13.2 Å². The molecule has 0 bridgehead atoms. The number of halogens is 1. The van der Waals surface area contributed by atoms with Gasteiger partial charge in [0.25, 0.3) is 0 Å². The van der Waals surface area contributed by atoms with Gasteiger partial charge in [-0.05, 0) is 55.9 Å². The molecule has 6 nitrogen and oxygen atoms in total. The Kier molecular flexibility index (Phi) is 7.46. The number of anilines is 1. The Labute approximate surface area is 162 Å². The number of rotatable bonds is 6. The number of benzene rings is 1. The van der Waals surface area contributed by atoms with Gasteiger partial charge >= 0.3 is 0 Å². The Balaban J connectivity index is 0.00000243. The summed E-state index contributed by atoms with van der Waals surface area (Å²) in [4.78, 5) is 12.7.